The first-order valence-corrected chi connectivity index (χ1v) is 26.0. The van der Waals surface area contributed by atoms with Crippen LogP contribution in [0.4, 0.5) is 10.2 Å². The van der Waals surface area contributed by atoms with Gasteiger partial charge in [0.2, 0.25) is 0 Å². The van der Waals surface area contributed by atoms with Gasteiger partial charge in [-0.15, -0.1) is 6.42 Å². The van der Waals surface area contributed by atoms with Gasteiger partial charge in [0.05, 0.1) is 12.9 Å². The highest BCUT2D eigenvalue weighted by Gasteiger charge is 2.53. The zero-order valence-electron chi connectivity index (χ0n) is 39.8. The van der Waals surface area contributed by atoms with Gasteiger partial charge in [-0.3, -0.25) is 18.7 Å². The molecule has 3 heterocycles. The van der Waals surface area contributed by atoms with E-state index >= 15 is 4.57 Å². The van der Waals surface area contributed by atoms with E-state index in [2.05, 4.69) is 32.9 Å². The topological polar surface area (TPSA) is 179 Å². The van der Waals surface area contributed by atoms with Crippen molar-refractivity contribution in [3.8, 4) is 18.1 Å². The maximum absolute atomic E-state index is 15.1. The monoisotopic (exact) mass is 947 g/mol. The predicted octanol–water partition coefficient (Wildman–Crippen LogP) is 11.4. The minimum atomic E-state index is -4.57. The number of unbranched alkanes of at least 4 members (excludes halogenated alkanes) is 14. The number of carbonyl (C=O) groups excluding carboxylic acids is 2. The molecule has 0 amide bonds. The van der Waals surface area contributed by atoms with Crippen molar-refractivity contribution in [3.05, 3.63) is 78.6 Å². The number of hydrogen-bond donors (Lipinski definition) is 2. The van der Waals surface area contributed by atoms with Crippen LogP contribution in [-0.2, 0) is 39.3 Å². The maximum Gasteiger partial charge on any atom is 0.459 e. The van der Waals surface area contributed by atoms with Crippen LogP contribution in [0.2, 0.25) is 0 Å². The summed E-state index contributed by atoms with van der Waals surface area (Å²) in [5.41, 5.74) is 5.03. The smallest absolute Gasteiger partial charge is 0.459 e. The molecule has 5 atom stereocenters. The molecule has 14 nitrogen and oxygen atoms in total. The predicted molar refractivity (Wildman–Crippen MR) is 258 cm³/mol. The van der Waals surface area contributed by atoms with Gasteiger partial charge in [0.1, 0.15) is 30.7 Å². The molecule has 0 aliphatic carbocycles. The number of fused-ring (bicyclic) bond motifs is 1. The fourth-order valence-corrected chi connectivity index (χ4v) is 9.79. The zero-order chi connectivity index (χ0) is 47.9. The molecule has 0 bridgehead atoms. The van der Waals surface area contributed by atoms with Crippen molar-refractivity contribution in [3.63, 3.8) is 0 Å². The van der Waals surface area contributed by atoms with Crippen molar-refractivity contribution in [1.82, 2.24) is 24.6 Å². The lowest BCUT2D eigenvalue weighted by Gasteiger charge is -2.31. The van der Waals surface area contributed by atoms with E-state index in [9.17, 15) is 14.0 Å². The Morgan fingerprint density at radius 3 is 2.10 bits per heavy atom. The number of anilines is 1. The second-order valence-electron chi connectivity index (χ2n) is 17.6. The molecule has 0 spiro atoms. The van der Waals surface area contributed by atoms with Crippen molar-refractivity contribution in [2.75, 3.05) is 18.9 Å². The van der Waals surface area contributed by atoms with Crippen molar-refractivity contribution >= 4 is 36.7 Å². The van der Waals surface area contributed by atoms with Crippen molar-refractivity contribution in [2.45, 2.75) is 173 Å². The summed E-state index contributed by atoms with van der Waals surface area (Å²) in [7, 11) is -4.57. The van der Waals surface area contributed by atoms with Crippen LogP contribution >= 0.6 is 7.75 Å². The van der Waals surface area contributed by atoms with Gasteiger partial charge >= 0.3 is 25.8 Å². The normalized spacial score (nSPS) is 18.4. The van der Waals surface area contributed by atoms with Crippen molar-refractivity contribution < 1.29 is 41.8 Å². The van der Waals surface area contributed by atoms with E-state index in [1.807, 2.05) is 44.2 Å². The van der Waals surface area contributed by atoms with Crippen LogP contribution in [0.15, 0.2) is 67.0 Å². The van der Waals surface area contributed by atoms with Crippen LogP contribution in [0.25, 0.3) is 11.2 Å². The summed E-state index contributed by atoms with van der Waals surface area (Å²) in [6.07, 6.45) is 24.1. The van der Waals surface area contributed by atoms with Crippen LogP contribution in [0.5, 0.6) is 5.75 Å². The van der Waals surface area contributed by atoms with Crippen LogP contribution in [0.1, 0.15) is 155 Å². The Kier molecular flexibility index (Phi) is 22.0. The highest BCUT2D eigenvalue weighted by Crippen LogP contribution is 2.49. The average Bonchev–Trinajstić information content (AvgIpc) is 3.92. The molecule has 16 heteroatoms. The first-order chi connectivity index (χ1) is 32.5. The fraction of sp³-hybridized carbons (Fsp3) is 0.588. The van der Waals surface area contributed by atoms with E-state index < -0.39 is 56.3 Å². The number of nitrogens with zero attached hydrogens (tertiary/aromatic N) is 4. The number of hydrogen-bond acceptors (Lipinski definition) is 12. The SMILES string of the molecule is C#C[C@]1(CO[P@@](=O)(NC(Cc2ccccc2)C(=O)OCC(CC)CC)Oc2ccccc2)O[C@@H](n2cnc3c(N)nc(F)nc32)C[C@@H]1OC(=O)CCCCCCCCCCCCCCCCC. The van der Waals surface area contributed by atoms with Crippen molar-refractivity contribution in [1.29, 1.82) is 0 Å². The number of aromatic nitrogens is 4. The van der Waals surface area contributed by atoms with Gasteiger partial charge in [-0.2, -0.15) is 19.4 Å². The molecular weight excluding hydrogens is 875 g/mol. The molecule has 3 N–H and O–H groups in total. The second-order valence-corrected chi connectivity index (χ2v) is 19.3. The number of halogens is 1. The highest BCUT2D eigenvalue weighted by molar-refractivity contribution is 7.52. The summed E-state index contributed by atoms with van der Waals surface area (Å²) in [5.74, 6) is 1.63. The molecule has 5 rings (SSSR count). The number of benzene rings is 2. The summed E-state index contributed by atoms with van der Waals surface area (Å²) in [6, 6.07) is 16.4. The molecule has 366 valence electrons. The van der Waals surface area contributed by atoms with E-state index in [0.29, 0.717) is 6.42 Å². The number of nitrogens with one attached hydrogen (secondary N) is 1. The Balaban J connectivity index is 1.29. The molecule has 1 unspecified atom stereocenters. The van der Waals surface area contributed by atoms with E-state index in [-0.39, 0.29) is 54.5 Å². The Morgan fingerprint density at radius 1 is 0.910 bits per heavy atom. The maximum atomic E-state index is 15.1. The fourth-order valence-electron chi connectivity index (χ4n) is 8.27. The largest absolute Gasteiger partial charge is 0.464 e. The number of nitrogens with two attached hydrogens (primary N) is 1. The number of esters is 2. The van der Waals surface area contributed by atoms with Crippen LogP contribution < -0.4 is 15.3 Å². The molecule has 2 aromatic heterocycles. The minimum absolute atomic E-state index is 0.0296. The summed E-state index contributed by atoms with van der Waals surface area (Å²) >= 11 is 0. The number of terminal acetylenes is 1. The number of para-hydroxylation sites is 1. The molecule has 2 aromatic carbocycles. The number of imidazole rings is 1. The number of nitrogen functional groups attached to an aromatic ring is 1. The van der Waals surface area contributed by atoms with Gasteiger partial charge in [0.25, 0.3) is 0 Å². The number of carbonyl (C=O) groups is 2. The van der Waals surface area contributed by atoms with Gasteiger partial charge < -0.3 is 24.5 Å². The third-order valence-corrected chi connectivity index (χ3v) is 14.0. The summed E-state index contributed by atoms with van der Waals surface area (Å²) < 4.78 is 61.8. The van der Waals surface area contributed by atoms with E-state index in [1.165, 1.54) is 81.5 Å². The molecular formula is C51H72FN6O8P. The highest BCUT2D eigenvalue weighted by atomic mass is 31.2. The Bertz CT molecular complexity index is 2190. The molecule has 1 aliphatic heterocycles. The van der Waals surface area contributed by atoms with Gasteiger partial charge in [-0.1, -0.05) is 178 Å². The van der Waals surface area contributed by atoms with Crippen LogP contribution in [0.3, 0.4) is 0 Å². The van der Waals surface area contributed by atoms with E-state index in [0.717, 1.165) is 37.7 Å². The third kappa shape index (κ3) is 16.7. The lowest BCUT2D eigenvalue weighted by molar-refractivity contribution is -0.158. The second kappa shape index (κ2) is 27.8. The molecule has 1 fully saturated rings. The first-order valence-electron chi connectivity index (χ1n) is 24.5. The van der Waals surface area contributed by atoms with Gasteiger partial charge in [0.15, 0.2) is 22.6 Å². The van der Waals surface area contributed by atoms with Gasteiger partial charge in [0, 0.05) is 12.8 Å². The van der Waals surface area contributed by atoms with Gasteiger partial charge in [-0.05, 0) is 36.5 Å². The lowest BCUT2D eigenvalue weighted by Crippen LogP contribution is -2.46. The molecule has 0 saturated carbocycles. The third-order valence-electron chi connectivity index (χ3n) is 12.4. The standard InChI is InChI=1S/C51H72FN6O8P/c1-5-9-10-11-12-13-14-15-16-17-18-19-20-21-28-33-45(59)64-43-35-44(58-38-54-46-47(53)55-50(52)56-48(46)58)65-51(43,8-4)37-63-67(61,66-41-31-26-23-27-32-41)57-42(34-40-29-24-22-25-30-40)49(60)62-36-39(6-2)7-3/h4,22-27,29-32,38-39,42-44H,5-7,9-21,28,33-37H2,1-3H3,(H,57,61)(H2,53,55,56)/t42?,43-,44+,51+,67-/m0/s1. The Hall–Kier alpha value is -4.87. The van der Waals surface area contributed by atoms with Crippen LogP contribution in [-0.4, -0.2) is 62.4 Å². The Morgan fingerprint density at radius 2 is 1.51 bits per heavy atom. The molecule has 4 aromatic rings. The molecule has 0 radical (unpaired) electrons. The van der Waals surface area contributed by atoms with Crippen LogP contribution in [0, 0.1) is 24.3 Å². The summed E-state index contributed by atoms with van der Waals surface area (Å²) in [5, 5.41) is 2.87. The summed E-state index contributed by atoms with van der Waals surface area (Å²) in [4.78, 5) is 39.2. The molecule has 1 aliphatic rings. The van der Waals surface area contributed by atoms with Crippen molar-refractivity contribution in [2.24, 2.45) is 5.92 Å². The lowest BCUT2D eigenvalue weighted by atomic mass is 9.98. The quantitative estimate of drug-likeness (QED) is 0.0155. The van der Waals surface area contributed by atoms with E-state index in [4.69, 9.17) is 35.4 Å². The van der Waals surface area contributed by atoms with Gasteiger partial charge in [-0.25, -0.2) is 9.55 Å². The molecule has 1 saturated heterocycles. The average molecular weight is 947 g/mol. The summed E-state index contributed by atoms with van der Waals surface area (Å²) in [6.45, 7) is 5.84. The van der Waals surface area contributed by atoms with E-state index in [1.54, 1.807) is 30.3 Å². The Labute approximate surface area is 396 Å². The first kappa shape index (κ1) is 53.1. The number of ether oxygens (including phenoxy) is 3. The number of rotatable bonds is 32. The zero-order valence-corrected chi connectivity index (χ0v) is 40.6. The minimum Gasteiger partial charge on any atom is -0.464 e. The molecule has 67 heavy (non-hydrogen) atoms.